The van der Waals surface area contributed by atoms with E-state index in [0.717, 1.165) is 12.1 Å². The quantitative estimate of drug-likeness (QED) is 0.559. The molecule has 8 heteroatoms. The Morgan fingerprint density at radius 2 is 1.88 bits per heavy atom. The first-order valence-corrected chi connectivity index (χ1v) is 10.1. The van der Waals surface area contributed by atoms with Crippen LogP contribution in [-0.2, 0) is 16.6 Å². The van der Waals surface area contributed by atoms with E-state index in [4.69, 9.17) is 5.26 Å². The molecule has 0 saturated heterocycles. The van der Waals surface area contributed by atoms with Gasteiger partial charge in [0.15, 0.2) is 0 Å². The SMILES string of the molecule is C=CCN(Cc1cccc(C#N)c1)S(=O)(=O)c1c(Br)cc(F)cc1Br. The Labute approximate surface area is 162 Å². The molecule has 0 aromatic heterocycles. The van der Waals surface area contributed by atoms with Crippen LogP contribution in [0, 0.1) is 17.1 Å². The third-order valence-electron chi connectivity index (χ3n) is 3.31. The van der Waals surface area contributed by atoms with Gasteiger partial charge in [-0.15, -0.1) is 6.58 Å². The zero-order valence-corrected chi connectivity index (χ0v) is 16.9. The average molecular weight is 488 g/mol. The number of rotatable bonds is 6. The zero-order chi connectivity index (χ0) is 18.6. The van der Waals surface area contributed by atoms with Gasteiger partial charge < -0.3 is 0 Å². The van der Waals surface area contributed by atoms with Crippen molar-refractivity contribution in [2.24, 2.45) is 0 Å². The molecule has 2 aromatic carbocycles. The Morgan fingerprint density at radius 3 is 2.44 bits per heavy atom. The monoisotopic (exact) mass is 486 g/mol. The Hall–Kier alpha value is -1.53. The molecule has 0 atom stereocenters. The molecule has 130 valence electrons. The van der Waals surface area contributed by atoms with Crippen molar-refractivity contribution in [2.45, 2.75) is 11.4 Å². The summed E-state index contributed by atoms with van der Waals surface area (Å²) in [6.45, 7) is 3.72. The fraction of sp³-hybridized carbons (Fsp3) is 0.118. The first kappa shape index (κ1) is 19.8. The molecule has 0 radical (unpaired) electrons. The molecular formula is C17H13Br2FN2O2S. The van der Waals surface area contributed by atoms with Crippen LogP contribution in [0.5, 0.6) is 0 Å². The van der Waals surface area contributed by atoms with Gasteiger partial charge in [0.05, 0.1) is 11.6 Å². The van der Waals surface area contributed by atoms with Crippen molar-refractivity contribution in [3.63, 3.8) is 0 Å². The summed E-state index contributed by atoms with van der Waals surface area (Å²) < 4.78 is 41.0. The fourth-order valence-electron chi connectivity index (χ4n) is 2.24. The molecule has 0 aliphatic rings. The molecule has 0 aliphatic heterocycles. The molecule has 2 aromatic rings. The van der Waals surface area contributed by atoms with E-state index in [2.05, 4.69) is 38.4 Å². The molecule has 0 heterocycles. The van der Waals surface area contributed by atoms with Gasteiger partial charge in [-0.2, -0.15) is 9.57 Å². The van der Waals surface area contributed by atoms with Gasteiger partial charge in [0.25, 0.3) is 0 Å². The normalized spacial score (nSPS) is 11.3. The number of sulfonamides is 1. The predicted octanol–water partition coefficient (Wildman–Crippen LogP) is 4.60. The Balaban J connectivity index is 2.48. The van der Waals surface area contributed by atoms with Gasteiger partial charge in [0, 0.05) is 22.0 Å². The van der Waals surface area contributed by atoms with E-state index in [1.165, 1.54) is 10.4 Å². The lowest BCUT2D eigenvalue weighted by molar-refractivity contribution is 0.437. The van der Waals surface area contributed by atoms with Crippen molar-refractivity contribution < 1.29 is 12.8 Å². The third kappa shape index (κ3) is 4.55. The minimum Gasteiger partial charge on any atom is -0.207 e. The van der Waals surface area contributed by atoms with Gasteiger partial charge in [0.1, 0.15) is 10.7 Å². The minimum atomic E-state index is -3.94. The van der Waals surface area contributed by atoms with Crippen molar-refractivity contribution in [3.05, 3.63) is 74.9 Å². The second kappa shape index (κ2) is 8.23. The zero-order valence-electron chi connectivity index (χ0n) is 12.9. The van der Waals surface area contributed by atoms with Crippen LogP contribution in [0.2, 0.25) is 0 Å². The highest BCUT2D eigenvalue weighted by molar-refractivity contribution is 9.11. The summed E-state index contributed by atoms with van der Waals surface area (Å²) in [7, 11) is -3.94. The lowest BCUT2D eigenvalue weighted by Gasteiger charge is -2.22. The largest absolute Gasteiger partial charge is 0.245 e. The van der Waals surface area contributed by atoms with Crippen LogP contribution in [0.1, 0.15) is 11.1 Å². The van der Waals surface area contributed by atoms with Crippen LogP contribution >= 0.6 is 31.9 Å². The standard InChI is InChI=1S/C17H13Br2FN2O2S/c1-2-6-22(11-13-5-3-4-12(7-13)10-21)25(23,24)17-15(18)8-14(20)9-16(17)19/h2-5,7-9H,1,6,11H2. The summed E-state index contributed by atoms with van der Waals surface area (Å²) in [5.41, 5.74) is 1.11. The summed E-state index contributed by atoms with van der Waals surface area (Å²) in [5, 5.41) is 8.99. The summed E-state index contributed by atoms with van der Waals surface area (Å²) in [6.07, 6.45) is 1.47. The van der Waals surface area contributed by atoms with Crippen molar-refractivity contribution in [1.29, 1.82) is 5.26 Å². The smallest absolute Gasteiger partial charge is 0.207 e. The maximum atomic E-state index is 13.5. The van der Waals surface area contributed by atoms with E-state index >= 15 is 0 Å². The van der Waals surface area contributed by atoms with Crippen molar-refractivity contribution >= 4 is 41.9 Å². The van der Waals surface area contributed by atoms with E-state index in [9.17, 15) is 12.8 Å². The van der Waals surface area contributed by atoms with Crippen LogP contribution in [0.15, 0.2) is 62.9 Å². The molecule has 0 bridgehead atoms. The van der Waals surface area contributed by atoms with Gasteiger partial charge in [0.2, 0.25) is 10.0 Å². The van der Waals surface area contributed by atoms with Gasteiger partial charge in [-0.1, -0.05) is 18.2 Å². The summed E-state index contributed by atoms with van der Waals surface area (Å²) in [4.78, 5) is -0.0628. The highest BCUT2D eigenvalue weighted by atomic mass is 79.9. The maximum Gasteiger partial charge on any atom is 0.245 e. The fourth-order valence-corrected chi connectivity index (χ4v) is 6.09. The van der Waals surface area contributed by atoms with E-state index in [0.29, 0.717) is 11.1 Å². The van der Waals surface area contributed by atoms with Gasteiger partial charge in [-0.3, -0.25) is 0 Å². The number of nitriles is 1. The Bertz CT molecular complexity index is 932. The minimum absolute atomic E-state index is 0.0557. The topological polar surface area (TPSA) is 61.2 Å². The van der Waals surface area contributed by atoms with E-state index in [-0.39, 0.29) is 26.9 Å². The molecule has 4 nitrogen and oxygen atoms in total. The second-order valence-electron chi connectivity index (χ2n) is 5.10. The summed E-state index contributed by atoms with van der Waals surface area (Å²) in [5.74, 6) is -0.560. The Morgan fingerprint density at radius 1 is 1.24 bits per heavy atom. The first-order chi connectivity index (χ1) is 11.8. The maximum absolute atomic E-state index is 13.5. The van der Waals surface area contributed by atoms with Crippen LogP contribution in [0.25, 0.3) is 0 Å². The number of halogens is 3. The van der Waals surface area contributed by atoms with Crippen molar-refractivity contribution in [2.75, 3.05) is 6.54 Å². The average Bonchev–Trinajstić information content (AvgIpc) is 2.53. The highest BCUT2D eigenvalue weighted by Gasteiger charge is 2.29. The number of benzene rings is 2. The molecule has 25 heavy (non-hydrogen) atoms. The summed E-state index contributed by atoms with van der Waals surface area (Å²) >= 11 is 6.23. The molecule has 0 spiro atoms. The van der Waals surface area contributed by atoms with Gasteiger partial charge >= 0.3 is 0 Å². The first-order valence-electron chi connectivity index (χ1n) is 7.04. The second-order valence-corrected chi connectivity index (χ2v) is 8.68. The van der Waals surface area contributed by atoms with Crippen LogP contribution in [-0.4, -0.2) is 19.3 Å². The molecule has 0 N–H and O–H groups in total. The number of hydrogen-bond acceptors (Lipinski definition) is 3. The molecule has 0 saturated carbocycles. The third-order valence-corrected chi connectivity index (χ3v) is 7.00. The van der Waals surface area contributed by atoms with Crippen molar-refractivity contribution in [1.82, 2.24) is 4.31 Å². The summed E-state index contributed by atoms with van der Waals surface area (Å²) in [6, 6.07) is 10.9. The molecule has 0 aliphatic carbocycles. The van der Waals surface area contributed by atoms with E-state index < -0.39 is 15.8 Å². The van der Waals surface area contributed by atoms with Gasteiger partial charge in [-0.25, -0.2) is 12.8 Å². The van der Waals surface area contributed by atoms with E-state index in [1.54, 1.807) is 24.3 Å². The number of hydrogen-bond donors (Lipinski definition) is 0. The van der Waals surface area contributed by atoms with Crippen LogP contribution < -0.4 is 0 Å². The van der Waals surface area contributed by atoms with Crippen LogP contribution in [0.3, 0.4) is 0 Å². The lowest BCUT2D eigenvalue weighted by atomic mass is 10.1. The number of nitrogens with zero attached hydrogens (tertiary/aromatic N) is 2. The molecular weight excluding hydrogens is 475 g/mol. The molecule has 0 amide bonds. The van der Waals surface area contributed by atoms with E-state index in [1.807, 2.05) is 6.07 Å². The molecule has 0 fully saturated rings. The van der Waals surface area contributed by atoms with Crippen LogP contribution in [0.4, 0.5) is 4.39 Å². The van der Waals surface area contributed by atoms with Crippen molar-refractivity contribution in [3.8, 4) is 6.07 Å². The Kier molecular flexibility index (Phi) is 6.52. The molecule has 2 rings (SSSR count). The van der Waals surface area contributed by atoms with Gasteiger partial charge in [-0.05, 0) is 61.7 Å². The highest BCUT2D eigenvalue weighted by Crippen LogP contribution is 2.33. The predicted molar refractivity (Wildman–Crippen MR) is 101 cm³/mol. The lowest BCUT2D eigenvalue weighted by Crippen LogP contribution is -2.31. The molecule has 0 unspecified atom stereocenters.